The lowest BCUT2D eigenvalue weighted by Crippen LogP contribution is -2.38. The summed E-state index contributed by atoms with van der Waals surface area (Å²) >= 11 is 0. The van der Waals surface area contributed by atoms with Crippen molar-refractivity contribution in [1.82, 2.24) is 18.7 Å². The average molecular weight is 477 g/mol. The highest BCUT2D eigenvalue weighted by Gasteiger charge is 2.21. The summed E-state index contributed by atoms with van der Waals surface area (Å²) in [7, 11) is 2.95. The van der Waals surface area contributed by atoms with E-state index in [0.29, 0.717) is 11.5 Å². The molecular weight excluding hydrogens is 448 g/mol. The molecular formula is C25H28N6O4. The minimum absolute atomic E-state index is 0.00192. The molecule has 0 radical (unpaired) electrons. The third-order valence-corrected chi connectivity index (χ3v) is 5.78. The Kier molecular flexibility index (Phi) is 6.83. The molecule has 2 aromatic carbocycles. The predicted octanol–water partition coefficient (Wildman–Crippen LogP) is 2.02. The molecule has 0 aliphatic heterocycles. The Morgan fingerprint density at radius 2 is 1.77 bits per heavy atom. The van der Waals surface area contributed by atoms with Crippen molar-refractivity contribution in [3.8, 4) is 5.75 Å². The van der Waals surface area contributed by atoms with E-state index in [1.165, 1.54) is 16.2 Å². The van der Waals surface area contributed by atoms with Gasteiger partial charge in [0.15, 0.2) is 11.2 Å². The number of para-hydroxylation sites is 1. The molecule has 1 unspecified atom stereocenters. The summed E-state index contributed by atoms with van der Waals surface area (Å²) in [5.74, 6) is 0.894. The molecule has 0 spiro atoms. The summed E-state index contributed by atoms with van der Waals surface area (Å²) in [6, 6.07) is 17.1. The summed E-state index contributed by atoms with van der Waals surface area (Å²) in [5.41, 5.74) is 4.84. The molecule has 4 rings (SSSR count). The van der Waals surface area contributed by atoms with E-state index >= 15 is 0 Å². The third-order valence-electron chi connectivity index (χ3n) is 5.78. The second-order valence-corrected chi connectivity index (χ2v) is 8.33. The van der Waals surface area contributed by atoms with Crippen LogP contribution in [0.1, 0.15) is 18.1 Å². The normalized spacial score (nSPS) is 12.7. The van der Waals surface area contributed by atoms with Gasteiger partial charge in [0.25, 0.3) is 5.56 Å². The van der Waals surface area contributed by atoms with Crippen LogP contribution in [0.5, 0.6) is 5.75 Å². The number of aliphatic hydroxyl groups excluding tert-OH is 1. The van der Waals surface area contributed by atoms with Crippen LogP contribution in [-0.4, -0.2) is 42.2 Å². The molecule has 0 fully saturated rings. The standard InChI is InChI=1S/C25H28N6O4/c1-16-10-8-9-13-20(16)35-15-19(32)14-31-21-22(29(3)25(34)30(4)23(21)33)26-24(31)28-27-17(2)18-11-6-5-7-12-18/h5-13,19,32H,14-15H2,1-4H3,(H,26,28)/b27-17-. The average Bonchev–Trinajstić information content (AvgIpc) is 3.22. The Bertz CT molecular complexity index is 1500. The van der Waals surface area contributed by atoms with Crippen molar-refractivity contribution in [1.29, 1.82) is 0 Å². The van der Waals surface area contributed by atoms with Crippen LogP contribution < -0.4 is 21.4 Å². The number of aromatic nitrogens is 4. The van der Waals surface area contributed by atoms with Crippen LogP contribution in [0.15, 0.2) is 69.3 Å². The second-order valence-electron chi connectivity index (χ2n) is 8.33. The maximum atomic E-state index is 13.0. The van der Waals surface area contributed by atoms with Crippen molar-refractivity contribution in [3.05, 3.63) is 86.6 Å². The van der Waals surface area contributed by atoms with Gasteiger partial charge in [-0.1, -0.05) is 48.5 Å². The molecule has 0 saturated heterocycles. The topological polar surface area (TPSA) is 116 Å². The van der Waals surface area contributed by atoms with Gasteiger partial charge in [-0.2, -0.15) is 10.1 Å². The Labute approximate surface area is 201 Å². The highest BCUT2D eigenvalue weighted by Crippen LogP contribution is 2.19. The van der Waals surface area contributed by atoms with Gasteiger partial charge in [0, 0.05) is 14.1 Å². The number of aryl methyl sites for hydroxylation is 2. The number of nitrogens with one attached hydrogen (secondary N) is 1. The zero-order chi connectivity index (χ0) is 25.1. The molecule has 0 saturated carbocycles. The van der Waals surface area contributed by atoms with Gasteiger partial charge in [-0.3, -0.25) is 13.9 Å². The van der Waals surface area contributed by atoms with Crippen molar-refractivity contribution < 1.29 is 9.84 Å². The van der Waals surface area contributed by atoms with Gasteiger partial charge in [0.2, 0.25) is 5.95 Å². The van der Waals surface area contributed by atoms with E-state index in [9.17, 15) is 14.7 Å². The smallest absolute Gasteiger partial charge is 0.332 e. The number of rotatable bonds is 8. The molecule has 182 valence electrons. The summed E-state index contributed by atoms with van der Waals surface area (Å²) in [5, 5.41) is 15.2. The minimum atomic E-state index is -0.964. The lowest BCUT2D eigenvalue weighted by Gasteiger charge is -2.16. The lowest BCUT2D eigenvalue weighted by atomic mass is 10.1. The first-order valence-corrected chi connectivity index (χ1v) is 11.2. The minimum Gasteiger partial charge on any atom is -0.491 e. The molecule has 2 N–H and O–H groups in total. The third kappa shape index (κ3) is 4.87. The van der Waals surface area contributed by atoms with Crippen LogP contribution in [-0.2, 0) is 20.6 Å². The molecule has 0 aliphatic carbocycles. The fourth-order valence-electron chi connectivity index (χ4n) is 3.76. The Hall–Kier alpha value is -4.18. The van der Waals surface area contributed by atoms with Gasteiger partial charge in [-0.25, -0.2) is 10.2 Å². The molecule has 0 aliphatic rings. The summed E-state index contributed by atoms with van der Waals surface area (Å²) < 4.78 is 9.62. The van der Waals surface area contributed by atoms with E-state index in [2.05, 4.69) is 15.5 Å². The fourth-order valence-corrected chi connectivity index (χ4v) is 3.76. The van der Waals surface area contributed by atoms with Crippen LogP contribution >= 0.6 is 0 Å². The number of anilines is 1. The van der Waals surface area contributed by atoms with Crippen LogP contribution in [0, 0.1) is 6.92 Å². The largest absolute Gasteiger partial charge is 0.491 e. The first-order valence-electron chi connectivity index (χ1n) is 11.2. The van der Waals surface area contributed by atoms with Crippen LogP contribution in [0.2, 0.25) is 0 Å². The number of hydrogen-bond acceptors (Lipinski definition) is 7. The van der Waals surface area contributed by atoms with E-state index in [4.69, 9.17) is 4.74 Å². The maximum absolute atomic E-state index is 13.0. The quantitative estimate of drug-likeness (QED) is 0.297. The molecule has 0 bridgehead atoms. The van der Waals surface area contributed by atoms with Crippen LogP contribution in [0.25, 0.3) is 11.2 Å². The van der Waals surface area contributed by atoms with Crippen molar-refractivity contribution in [2.45, 2.75) is 26.5 Å². The van der Waals surface area contributed by atoms with Gasteiger partial charge >= 0.3 is 5.69 Å². The first kappa shape index (κ1) is 24.0. The lowest BCUT2D eigenvalue weighted by molar-refractivity contribution is 0.0935. The van der Waals surface area contributed by atoms with Crippen LogP contribution in [0.4, 0.5) is 5.95 Å². The Morgan fingerprint density at radius 1 is 1.09 bits per heavy atom. The maximum Gasteiger partial charge on any atom is 0.332 e. The molecule has 2 aromatic heterocycles. The van der Waals surface area contributed by atoms with Crippen molar-refractivity contribution in [2.75, 3.05) is 12.0 Å². The Balaban J connectivity index is 1.70. The summed E-state index contributed by atoms with van der Waals surface area (Å²) in [6.07, 6.45) is -0.964. The Morgan fingerprint density at radius 3 is 2.49 bits per heavy atom. The molecule has 1 atom stereocenters. The van der Waals surface area contributed by atoms with Crippen LogP contribution in [0.3, 0.4) is 0 Å². The fraction of sp³-hybridized carbons (Fsp3) is 0.280. The predicted molar refractivity (Wildman–Crippen MR) is 135 cm³/mol. The van der Waals surface area contributed by atoms with E-state index in [1.54, 1.807) is 7.05 Å². The van der Waals surface area contributed by atoms with E-state index < -0.39 is 17.4 Å². The number of benzene rings is 2. The number of aliphatic hydroxyl groups is 1. The van der Waals surface area contributed by atoms with Gasteiger partial charge in [-0.05, 0) is 31.0 Å². The molecule has 2 heterocycles. The van der Waals surface area contributed by atoms with Gasteiger partial charge < -0.3 is 14.4 Å². The van der Waals surface area contributed by atoms with Crippen molar-refractivity contribution in [2.24, 2.45) is 19.2 Å². The SMILES string of the molecule is C/C(=N/Nc1nc2c(c(=O)n(C)c(=O)n2C)n1CC(O)COc1ccccc1C)c1ccccc1. The van der Waals surface area contributed by atoms with E-state index in [-0.39, 0.29) is 30.3 Å². The summed E-state index contributed by atoms with van der Waals surface area (Å²) in [6.45, 7) is 3.76. The zero-order valence-corrected chi connectivity index (χ0v) is 20.1. The molecule has 10 heteroatoms. The van der Waals surface area contributed by atoms with Gasteiger partial charge in [-0.15, -0.1) is 0 Å². The molecule has 35 heavy (non-hydrogen) atoms. The van der Waals surface area contributed by atoms with Crippen molar-refractivity contribution in [3.63, 3.8) is 0 Å². The number of hydrazone groups is 1. The van der Waals surface area contributed by atoms with Gasteiger partial charge in [0.05, 0.1) is 12.3 Å². The van der Waals surface area contributed by atoms with E-state index in [1.807, 2.05) is 68.4 Å². The molecule has 0 amide bonds. The van der Waals surface area contributed by atoms with Gasteiger partial charge in [0.1, 0.15) is 18.5 Å². The zero-order valence-electron chi connectivity index (χ0n) is 20.1. The monoisotopic (exact) mass is 476 g/mol. The first-order chi connectivity index (χ1) is 16.8. The summed E-state index contributed by atoms with van der Waals surface area (Å²) in [4.78, 5) is 29.9. The second kappa shape index (κ2) is 9.98. The van der Waals surface area contributed by atoms with E-state index in [0.717, 1.165) is 15.7 Å². The number of nitrogens with zero attached hydrogens (tertiary/aromatic N) is 5. The van der Waals surface area contributed by atoms with Crippen molar-refractivity contribution >= 4 is 22.8 Å². The highest BCUT2D eigenvalue weighted by molar-refractivity contribution is 5.99. The highest BCUT2D eigenvalue weighted by atomic mass is 16.5. The molecule has 10 nitrogen and oxygen atoms in total. The number of hydrogen-bond donors (Lipinski definition) is 2. The number of imidazole rings is 1. The number of fused-ring (bicyclic) bond motifs is 1. The molecule has 4 aromatic rings. The number of ether oxygens (including phenoxy) is 1.